The molecule has 0 rings (SSSR count). The van der Waals surface area contributed by atoms with E-state index in [9.17, 15) is 9.59 Å². The Kier molecular flexibility index (Phi) is 8.40. The van der Waals surface area contributed by atoms with E-state index in [1.165, 1.54) is 0 Å². The third kappa shape index (κ3) is 8.68. The second-order valence-electron chi connectivity index (χ2n) is 4.63. The van der Waals surface area contributed by atoms with Crippen LogP contribution in [0.4, 0.5) is 0 Å². The highest BCUT2D eigenvalue weighted by Gasteiger charge is 2.14. The molecule has 1 atom stereocenters. The maximum absolute atomic E-state index is 11.5. The average Bonchev–Trinajstić information content (AvgIpc) is 2.25. The Hall–Kier alpha value is -1.10. The van der Waals surface area contributed by atoms with Crippen molar-refractivity contribution in [1.82, 2.24) is 10.6 Å². The van der Waals surface area contributed by atoms with Crippen molar-refractivity contribution < 1.29 is 9.59 Å². The summed E-state index contributed by atoms with van der Waals surface area (Å²) in [5, 5.41) is 5.42. The zero-order valence-corrected chi connectivity index (χ0v) is 11.1. The maximum atomic E-state index is 11.5. The highest BCUT2D eigenvalue weighted by Crippen LogP contribution is 2.02. The van der Waals surface area contributed by atoms with Gasteiger partial charge >= 0.3 is 0 Å². The molecule has 0 fully saturated rings. The van der Waals surface area contributed by atoms with Crippen molar-refractivity contribution in [2.75, 3.05) is 13.1 Å². The van der Waals surface area contributed by atoms with Gasteiger partial charge in [-0.1, -0.05) is 20.8 Å². The van der Waals surface area contributed by atoms with Crippen molar-refractivity contribution in [3.05, 3.63) is 0 Å². The lowest BCUT2D eigenvalue weighted by molar-refractivity contribution is -0.123. The molecule has 0 spiro atoms. The topological polar surface area (TPSA) is 84.2 Å². The molecule has 0 saturated heterocycles. The van der Waals surface area contributed by atoms with Crippen molar-refractivity contribution in [2.24, 2.45) is 11.7 Å². The minimum atomic E-state index is -0.478. The zero-order valence-electron chi connectivity index (χ0n) is 11.1. The van der Waals surface area contributed by atoms with Gasteiger partial charge in [0.05, 0.1) is 6.04 Å². The van der Waals surface area contributed by atoms with E-state index in [2.05, 4.69) is 10.6 Å². The van der Waals surface area contributed by atoms with Gasteiger partial charge in [0.1, 0.15) is 0 Å². The molecular weight excluding hydrogens is 218 g/mol. The van der Waals surface area contributed by atoms with Gasteiger partial charge in [0.25, 0.3) is 0 Å². The lowest BCUT2D eigenvalue weighted by Crippen LogP contribution is -2.42. The van der Waals surface area contributed by atoms with Crippen molar-refractivity contribution in [2.45, 2.75) is 46.1 Å². The number of hydrogen-bond donors (Lipinski definition) is 3. The molecule has 0 aromatic carbocycles. The maximum Gasteiger partial charge on any atom is 0.236 e. The summed E-state index contributed by atoms with van der Waals surface area (Å²) >= 11 is 0. The minimum absolute atomic E-state index is 0.0374. The molecule has 0 aliphatic carbocycles. The second kappa shape index (κ2) is 8.98. The van der Waals surface area contributed by atoms with E-state index in [0.717, 1.165) is 6.42 Å². The Morgan fingerprint density at radius 1 is 1.18 bits per heavy atom. The van der Waals surface area contributed by atoms with Gasteiger partial charge in [0.2, 0.25) is 11.8 Å². The number of hydrogen-bond acceptors (Lipinski definition) is 3. The van der Waals surface area contributed by atoms with Crippen LogP contribution < -0.4 is 16.4 Å². The number of nitrogens with one attached hydrogen (secondary N) is 2. The summed E-state index contributed by atoms with van der Waals surface area (Å²) in [4.78, 5) is 22.7. The van der Waals surface area contributed by atoms with Crippen LogP contribution in [0, 0.1) is 5.92 Å². The largest absolute Gasteiger partial charge is 0.356 e. The SMILES string of the molecule is CCCNC(=O)CCNC(=O)[C@@H](N)CC(C)C. The quantitative estimate of drug-likeness (QED) is 0.576. The summed E-state index contributed by atoms with van der Waals surface area (Å²) in [7, 11) is 0. The van der Waals surface area contributed by atoms with Crippen molar-refractivity contribution >= 4 is 11.8 Å². The predicted molar refractivity (Wildman–Crippen MR) is 68.4 cm³/mol. The third-order valence-corrected chi connectivity index (χ3v) is 2.29. The van der Waals surface area contributed by atoms with Gasteiger partial charge in [0.15, 0.2) is 0 Å². The minimum Gasteiger partial charge on any atom is -0.356 e. The molecular formula is C12H25N3O2. The first-order valence-electron chi connectivity index (χ1n) is 6.27. The van der Waals surface area contributed by atoms with Gasteiger partial charge in [-0.3, -0.25) is 9.59 Å². The van der Waals surface area contributed by atoms with Crippen LogP contribution in [0.3, 0.4) is 0 Å². The molecule has 0 unspecified atom stereocenters. The van der Waals surface area contributed by atoms with Crippen LogP contribution in [0.25, 0.3) is 0 Å². The van der Waals surface area contributed by atoms with E-state index in [-0.39, 0.29) is 11.8 Å². The van der Waals surface area contributed by atoms with Gasteiger partial charge < -0.3 is 16.4 Å². The first kappa shape index (κ1) is 15.9. The Labute approximate surface area is 104 Å². The van der Waals surface area contributed by atoms with Gasteiger partial charge in [-0.15, -0.1) is 0 Å². The molecule has 0 radical (unpaired) electrons. The molecule has 0 saturated carbocycles. The molecule has 5 nitrogen and oxygen atoms in total. The highest BCUT2D eigenvalue weighted by atomic mass is 16.2. The number of amides is 2. The molecule has 0 bridgehead atoms. The normalized spacial score (nSPS) is 12.3. The van der Waals surface area contributed by atoms with E-state index in [4.69, 9.17) is 5.73 Å². The number of carbonyl (C=O) groups excluding carboxylic acids is 2. The highest BCUT2D eigenvalue weighted by molar-refractivity contribution is 5.82. The Bertz CT molecular complexity index is 242. The number of carbonyl (C=O) groups is 2. The first-order valence-corrected chi connectivity index (χ1v) is 6.27. The molecule has 2 amide bonds. The van der Waals surface area contributed by atoms with Gasteiger partial charge in [-0.05, 0) is 18.8 Å². The zero-order chi connectivity index (χ0) is 13.3. The van der Waals surface area contributed by atoms with Crippen molar-refractivity contribution in [1.29, 1.82) is 0 Å². The summed E-state index contributed by atoms with van der Waals surface area (Å²) in [5.74, 6) is 0.176. The van der Waals surface area contributed by atoms with Crippen LogP contribution in [0.5, 0.6) is 0 Å². The van der Waals surface area contributed by atoms with Crippen LogP contribution in [0.2, 0.25) is 0 Å². The summed E-state index contributed by atoms with van der Waals surface area (Å²) < 4.78 is 0. The van der Waals surface area contributed by atoms with Crippen LogP contribution in [0.1, 0.15) is 40.0 Å². The number of nitrogens with two attached hydrogens (primary N) is 1. The summed E-state index contributed by atoms with van der Waals surface area (Å²) in [6.07, 6.45) is 1.88. The molecule has 0 aromatic heterocycles. The molecule has 5 heteroatoms. The van der Waals surface area contributed by atoms with Gasteiger partial charge in [-0.2, -0.15) is 0 Å². The molecule has 0 aliphatic rings. The van der Waals surface area contributed by atoms with Gasteiger partial charge in [0, 0.05) is 19.5 Å². The Morgan fingerprint density at radius 2 is 1.82 bits per heavy atom. The van der Waals surface area contributed by atoms with Crippen molar-refractivity contribution in [3.8, 4) is 0 Å². The average molecular weight is 243 g/mol. The fraction of sp³-hybridized carbons (Fsp3) is 0.833. The smallest absolute Gasteiger partial charge is 0.236 e. The molecule has 0 aliphatic heterocycles. The van der Waals surface area contributed by atoms with Crippen LogP contribution in [-0.2, 0) is 9.59 Å². The molecule has 4 N–H and O–H groups in total. The fourth-order valence-corrected chi connectivity index (χ4v) is 1.40. The predicted octanol–water partition coefficient (Wildman–Crippen LogP) is 0.392. The second-order valence-corrected chi connectivity index (χ2v) is 4.63. The lowest BCUT2D eigenvalue weighted by Gasteiger charge is -2.13. The third-order valence-electron chi connectivity index (χ3n) is 2.29. The lowest BCUT2D eigenvalue weighted by atomic mass is 10.0. The monoisotopic (exact) mass is 243 g/mol. The number of rotatable bonds is 8. The summed E-state index contributed by atoms with van der Waals surface area (Å²) in [5.41, 5.74) is 5.70. The van der Waals surface area contributed by atoms with E-state index < -0.39 is 6.04 Å². The van der Waals surface area contributed by atoms with E-state index in [1.54, 1.807) is 0 Å². The fourth-order valence-electron chi connectivity index (χ4n) is 1.40. The molecule has 17 heavy (non-hydrogen) atoms. The van der Waals surface area contributed by atoms with E-state index >= 15 is 0 Å². The summed E-state index contributed by atoms with van der Waals surface area (Å²) in [6.45, 7) is 7.06. The standard InChI is InChI=1S/C12H25N3O2/c1-4-6-14-11(16)5-7-15-12(17)10(13)8-9(2)3/h9-10H,4-8,13H2,1-3H3,(H,14,16)(H,15,17)/t10-/m0/s1. The van der Waals surface area contributed by atoms with Crippen molar-refractivity contribution in [3.63, 3.8) is 0 Å². The molecule has 0 heterocycles. The first-order chi connectivity index (χ1) is 7.97. The molecule has 100 valence electrons. The molecule has 0 aromatic rings. The Morgan fingerprint density at radius 3 is 2.35 bits per heavy atom. The van der Waals surface area contributed by atoms with Gasteiger partial charge in [-0.25, -0.2) is 0 Å². The van der Waals surface area contributed by atoms with E-state index in [0.29, 0.717) is 31.8 Å². The van der Waals surface area contributed by atoms with Crippen LogP contribution in [-0.4, -0.2) is 30.9 Å². The summed E-state index contributed by atoms with van der Waals surface area (Å²) in [6, 6.07) is -0.478. The van der Waals surface area contributed by atoms with Crippen LogP contribution in [0.15, 0.2) is 0 Å². The van der Waals surface area contributed by atoms with Crippen LogP contribution >= 0.6 is 0 Å². The Balaban J connectivity index is 3.66. The van der Waals surface area contributed by atoms with E-state index in [1.807, 2.05) is 20.8 Å².